The minimum Gasteiger partial charge on any atom is -0.393 e. The molecular formula is C19H25N3O2. The van der Waals surface area contributed by atoms with Gasteiger partial charge in [0.25, 0.3) is 5.91 Å². The summed E-state index contributed by atoms with van der Waals surface area (Å²) in [4.78, 5) is 12.5. The molecule has 0 spiro atoms. The van der Waals surface area contributed by atoms with Crippen LogP contribution < -0.4 is 5.32 Å². The van der Waals surface area contributed by atoms with Crippen molar-refractivity contribution in [3.05, 3.63) is 52.8 Å². The minimum atomic E-state index is -0.206. The molecule has 1 amide bonds. The zero-order chi connectivity index (χ0) is 17.1. The molecule has 1 aromatic carbocycles. The molecule has 0 atom stereocenters. The molecule has 1 aromatic heterocycles. The maximum atomic E-state index is 12.5. The van der Waals surface area contributed by atoms with Gasteiger partial charge in [-0.05, 0) is 63.3 Å². The van der Waals surface area contributed by atoms with Crippen LogP contribution in [0.1, 0.15) is 53.0 Å². The molecule has 0 radical (unpaired) electrons. The minimum absolute atomic E-state index is 0.0355. The van der Waals surface area contributed by atoms with Crippen LogP contribution in [0.4, 0.5) is 0 Å². The Morgan fingerprint density at radius 3 is 2.67 bits per heavy atom. The Bertz CT molecular complexity index is 715. The molecule has 1 saturated carbocycles. The smallest absolute Gasteiger partial charge is 0.251 e. The summed E-state index contributed by atoms with van der Waals surface area (Å²) in [6.45, 7) is 4.68. The van der Waals surface area contributed by atoms with E-state index in [9.17, 15) is 9.90 Å². The first kappa shape index (κ1) is 16.7. The van der Waals surface area contributed by atoms with Gasteiger partial charge in [0.2, 0.25) is 0 Å². The van der Waals surface area contributed by atoms with Crippen LogP contribution in [0.2, 0.25) is 0 Å². The molecule has 128 valence electrons. The Kier molecular flexibility index (Phi) is 5.00. The van der Waals surface area contributed by atoms with E-state index in [1.54, 1.807) is 0 Å². The topological polar surface area (TPSA) is 67.2 Å². The lowest BCUT2D eigenvalue weighted by molar-refractivity contribution is 0.0867. The van der Waals surface area contributed by atoms with E-state index < -0.39 is 0 Å². The molecule has 2 N–H and O–H groups in total. The average molecular weight is 327 g/mol. The number of nitrogens with one attached hydrogen (secondary N) is 1. The van der Waals surface area contributed by atoms with Crippen molar-refractivity contribution in [1.29, 1.82) is 0 Å². The summed E-state index contributed by atoms with van der Waals surface area (Å²) in [5, 5.41) is 17.1. The van der Waals surface area contributed by atoms with Crippen molar-refractivity contribution in [2.75, 3.05) is 0 Å². The van der Waals surface area contributed by atoms with E-state index in [4.69, 9.17) is 0 Å². The van der Waals surface area contributed by atoms with Crippen molar-refractivity contribution in [3.63, 3.8) is 0 Å². The van der Waals surface area contributed by atoms with Gasteiger partial charge < -0.3 is 10.4 Å². The normalized spacial score (nSPS) is 20.8. The van der Waals surface area contributed by atoms with Crippen LogP contribution in [0.5, 0.6) is 0 Å². The number of rotatable bonds is 4. The fourth-order valence-corrected chi connectivity index (χ4v) is 3.31. The standard InChI is InChI=1S/C19H25N3O2/c1-13-10-14(2)22(21-13)12-15-4-3-5-16(11-15)19(24)20-17-6-8-18(23)9-7-17/h3-5,10-11,17-18,23H,6-9,12H2,1-2H3,(H,20,24). The predicted octanol–water partition coefficient (Wildman–Crippen LogP) is 2.58. The van der Waals surface area contributed by atoms with Gasteiger partial charge in [0.05, 0.1) is 18.3 Å². The second-order valence-electron chi connectivity index (χ2n) is 6.76. The molecule has 0 aliphatic heterocycles. The number of aryl methyl sites for hydroxylation is 2. The first-order chi connectivity index (χ1) is 11.5. The van der Waals surface area contributed by atoms with E-state index in [0.29, 0.717) is 12.1 Å². The second-order valence-corrected chi connectivity index (χ2v) is 6.76. The van der Waals surface area contributed by atoms with Crippen LogP contribution in [0.3, 0.4) is 0 Å². The maximum absolute atomic E-state index is 12.5. The van der Waals surface area contributed by atoms with Crippen molar-refractivity contribution in [2.45, 2.75) is 58.2 Å². The predicted molar refractivity (Wildman–Crippen MR) is 93.0 cm³/mol. The highest BCUT2D eigenvalue weighted by Gasteiger charge is 2.21. The van der Waals surface area contributed by atoms with E-state index in [1.165, 1.54) is 0 Å². The van der Waals surface area contributed by atoms with Gasteiger partial charge in [0.1, 0.15) is 0 Å². The Labute approximate surface area is 142 Å². The Balaban J connectivity index is 1.66. The van der Waals surface area contributed by atoms with Gasteiger partial charge in [-0.15, -0.1) is 0 Å². The first-order valence-electron chi connectivity index (χ1n) is 8.60. The summed E-state index contributed by atoms with van der Waals surface area (Å²) >= 11 is 0. The van der Waals surface area contributed by atoms with Crippen molar-refractivity contribution < 1.29 is 9.90 Å². The fraction of sp³-hybridized carbons (Fsp3) is 0.474. The number of amides is 1. The van der Waals surface area contributed by atoms with Crippen LogP contribution in [0.25, 0.3) is 0 Å². The lowest BCUT2D eigenvalue weighted by Gasteiger charge is -2.26. The molecule has 5 heteroatoms. The van der Waals surface area contributed by atoms with Crippen molar-refractivity contribution >= 4 is 5.91 Å². The molecule has 1 heterocycles. The highest BCUT2D eigenvalue weighted by molar-refractivity contribution is 5.94. The highest BCUT2D eigenvalue weighted by Crippen LogP contribution is 2.19. The summed E-state index contributed by atoms with van der Waals surface area (Å²) in [5.74, 6) is -0.0355. The van der Waals surface area contributed by atoms with Crippen molar-refractivity contribution in [2.24, 2.45) is 0 Å². The van der Waals surface area contributed by atoms with Gasteiger partial charge in [-0.1, -0.05) is 12.1 Å². The van der Waals surface area contributed by atoms with E-state index >= 15 is 0 Å². The molecule has 3 rings (SSSR count). The van der Waals surface area contributed by atoms with Crippen LogP contribution in [-0.4, -0.2) is 32.9 Å². The number of nitrogens with zero attached hydrogens (tertiary/aromatic N) is 2. The number of hydrogen-bond donors (Lipinski definition) is 2. The van der Waals surface area contributed by atoms with Gasteiger partial charge in [-0.25, -0.2) is 0 Å². The first-order valence-corrected chi connectivity index (χ1v) is 8.60. The summed E-state index contributed by atoms with van der Waals surface area (Å²) < 4.78 is 1.95. The number of benzene rings is 1. The quantitative estimate of drug-likeness (QED) is 0.907. The van der Waals surface area contributed by atoms with Crippen LogP contribution in [-0.2, 0) is 6.54 Å². The van der Waals surface area contributed by atoms with E-state index in [2.05, 4.69) is 10.4 Å². The number of hydrogen-bond acceptors (Lipinski definition) is 3. The zero-order valence-corrected chi connectivity index (χ0v) is 14.3. The number of aromatic nitrogens is 2. The monoisotopic (exact) mass is 327 g/mol. The lowest BCUT2D eigenvalue weighted by Crippen LogP contribution is -2.38. The van der Waals surface area contributed by atoms with Crippen molar-refractivity contribution in [1.82, 2.24) is 15.1 Å². The zero-order valence-electron chi connectivity index (χ0n) is 14.3. The third-order valence-corrected chi connectivity index (χ3v) is 4.66. The van der Waals surface area contributed by atoms with Crippen molar-refractivity contribution in [3.8, 4) is 0 Å². The second kappa shape index (κ2) is 7.18. The molecule has 0 unspecified atom stereocenters. The largest absolute Gasteiger partial charge is 0.393 e. The molecule has 0 saturated heterocycles. The van der Waals surface area contributed by atoms with Gasteiger partial charge in [-0.2, -0.15) is 5.10 Å². The fourth-order valence-electron chi connectivity index (χ4n) is 3.31. The van der Waals surface area contributed by atoms with Crippen LogP contribution >= 0.6 is 0 Å². The number of aliphatic hydroxyl groups is 1. The van der Waals surface area contributed by atoms with E-state index in [-0.39, 0.29) is 18.1 Å². The Morgan fingerprint density at radius 1 is 1.25 bits per heavy atom. The van der Waals surface area contributed by atoms with Crippen LogP contribution in [0.15, 0.2) is 30.3 Å². The van der Waals surface area contributed by atoms with Gasteiger partial charge >= 0.3 is 0 Å². The lowest BCUT2D eigenvalue weighted by atomic mass is 9.93. The SMILES string of the molecule is Cc1cc(C)n(Cc2cccc(C(=O)NC3CCC(O)CC3)c2)n1. The third-order valence-electron chi connectivity index (χ3n) is 4.66. The Morgan fingerprint density at radius 2 is 2.00 bits per heavy atom. The highest BCUT2D eigenvalue weighted by atomic mass is 16.3. The molecule has 0 bridgehead atoms. The summed E-state index contributed by atoms with van der Waals surface area (Å²) in [6, 6.07) is 9.93. The molecule has 5 nitrogen and oxygen atoms in total. The summed E-state index contributed by atoms with van der Waals surface area (Å²) in [6.07, 6.45) is 3.02. The van der Waals surface area contributed by atoms with E-state index in [1.807, 2.05) is 48.9 Å². The third kappa shape index (κ3) is 4.03. The molecule has 1 fully saturated rings. The Hall–Kier alpha value is -2.14. The molecule has 1 aliphatic carbocycles. The number of carbonyl (C=O) groups is 1. The average Bonchev–Trinajstić information content (AvgIpc) is 2.87. The number of carbonyl (C=O) groups excluding carboxylic acids is 1. The molecule has 1 aliphatic rings. The van der Waals surface area contributed by atoms with Gasteiger partial charge in [-0.3, -0.25) is 9.48 Å². The molecule has 24 heavy (non-hydrogen) atoms. The maximum Gasteiger partial charge on any atom is 0.251 e. The van der Waals surface area contributed by atoms with Gasteiger partial charge in [0, 0.05) is 17.3 Å². The summed E-state index contributed by atoms with van der Waals surface area (Å²) in [7, 11) is 0. The molecule has 2 aromatic rings. The van der Waals surface area contributed by atoms with Gasteiger partial charge in [0.15, 0.2) is 0 Å². The number of aliphatic hydroxyl groups excluding tert-OH is 1. The summed E-state index contributed by atoms with van der Waals surface area (Å²) in [5.41, 5.74) is 3.86. The molecular weight excluding hydrogens is 302 g/mol. The van der Waals surface area contributed by atoms with E-state index in [0.717, 1.165) is 42.6 Å². The van der Waals surface area contributed by atoms with Crippen LogP contribution in [0, 0.1) is 13.8 Å².